The number of para-hydroxylation sites is 2. The number of aryl methyl sites for hydroxylation is 1. The van der Waals surface area contributed by atoms with E-state index in [-0.39, 0.29) is 5.11 Å². The van der Waals surface area contributed by atoms with Crippen molar-refractivity contribution in [1.82, 2.24) is 9.78 Å². The van der Waals surface area contributed by atoms with Gasteiger partial charge in [0.15, 0.2) is 28.4 Å². The summed E-state index contributed by atoms with van der Waals surface area (Å²) in [7, 11) is 1.51. The van der Waals surface area contributed by atoms with Gasteiger partial charge in [0.2, 0.25) is 5.82 Å². The van der Waals surface area contributed by atoms with E-state index >= 15 is 0 Å². The number of halogens is 5. The molecule has 3 aromatic rings. The third kappa shape index (κ3) is 4.31. The molecule has 0 spiro atoms. The molecular formula is C20H17F5N4OS. The summed E-state index contributed by atoms with van der Waals surface area (Å²) in [5, 5.41) is 10.2. The van der Waals surface area contributed by atoms with Gasteiger partial charge in [-0.05, 0) is 38.2 Å². The first-order chi connectivity index (χ1) is 14.6. The molecule has 0 bridgehead atoms. The number of nitrogens with zero attached hydrogens (tertiary/aromatic N) is 2. The van der Waals surface area contributed by atoms with Gasteiger partial charge in [0, 0.05) is 0 Å². The predicted octanol–water partition coefficient (Wildman–Crippen LogP) is 5.06. The van der Waals surface area contributed by atoms with E-state index in [1.54, 1.807) is 38.1 Å². The fourth-order valence-corrected chi connectivity index (χ4v) is 3.20. The Morgan fingerprint density at radius 3 is 2.16 bits per heavy atom. The van der Waals surface area contributed by atoms with Crippen LogP contribution in [0.5, 0.6) is 5.75 Å². The lowest BCUT2D eigenvalue weighted by molar-refractivity contribution is 0.366. The number of ether oxygens (including phenoxy) is 1. The Bertz CT molecular complexity index is 1140. The maximum atomic E-state index is 14.0. The van der Waals surface area contributed by atoms with E-state index in [2.05, 4.69) is 15.7 Å². The van der Waals surface area contributed by atoms with E-state index in [4.69, 9.17) is 17.0 Å². The second-order valence-corrected chi connectivity index (χ2v) is 6.94. The number of methoxy groups -OCH3 is 1. The summed E-state index contributed by atoms with van der Waals surface area (Å²) < 4.78 is 74.7. The van der Waals surface area contributed by atoms with Gasteiger partial charge in [0.25, 0.3) is 0 Å². The molecule has 0 saturated heterocycles. The lowest BCUT2D eigenvalue weighted by atomic mass is 10.1. The fourth-order valence-electron chi connectivity index (χ4n) is 2.99. The summed E-state index contributed by atoms with van der Waals surface area (Å²) in [6.45, 7) is 2.52. The highest BCUT2D eigenvalue weighted by molar-refractivity contribution is 7.80. The van der Waals surface area contributed by atoms with Crippen LogP contribution in [0.3, 0.4) is 0 Å². The Balaban J connectivity index is 1.86. The standard InChI is InChI=1S/C20H17F5N4OS/c1-9-19(27-20(31)26-12-6-4-5-7-13(12)30-3)10(2)29(28-9)8-11-14(21)16(23)18(25)17(24)15(11)22/h4-7H,8H2,1-3H3,(H2,26,27,31). The molecule has 0 aliphatic heterocycles. The topological polar surface area (TPSA) is 51.1 Å². The van der Waals surface area contributed by atoms with Crippen LogP contribution in [0.25, 0.3) is 0 Å². The van der Waals surface area contributed by atoms with Crippen molar-refractivity contribution >= 4 is 28.7 Å². The third-order valence-electron chi connectivity index (χ3n) is 4.58. The minimum absolute atomic E-state index is 0.187. The van der Waals surface area contributed by atoms with Crippen LogP contribution in [-0.2, 0) is 6.54 Å². The van der Waals surface area contributed by atoms with Gasteiger partial charge < -0.3 is 15.4 Å². The summed E-state index contributed by atoms with van der Waals surface area (Å²) in [5.41, 5.74) is 0.835. The molecule has 0 amide bonds. The van der Waals surface area contributed by atoms with Gasteiger partial charge in [-0.15, -0.1) is 0 Å². The van der Waals surface area contributed by atoms with Gasteiger partial charge >= 0.3 is 0 Å². The lowest BCUT2D eigenvalue weighted by Gasteiger charge is -2.14. The van der Waals surface area contributed by atoms with Crippen LogP contribution < -0.4 is 15.4 Å². The molecule has 5 nitrogen and oxygen atoms in total. The van der Waals surface area contributed by atoms with Crippen molar-refractivity contribution in [3.8, 4) is 5.75 Å². The molecule has 31 heavy (non-hydrogen) atoms. The van der Waals surface area contributed by atoms with Gasteiger partial charge in [-0.2, -0.15) is 5.10 Å². The number of hydrogen-bond donors (Lipinski definition) is 2. The molecule has 0 aliphatic rings. The van der Waals surface area contributed by atoms with Crippen LogP contribution in [0.2, 0.25) is 0 Å². The highest BCUT2D eigenvalue weighted by Gasteiger charge is 2.26. The average Bonchev–Trinajstić information content (AvgIpc) is 3.01. The maximum absolute atomic E-state index is 14.0. The number of hydrogen-bond acceptors (Lipinski definition) is 3. The first kappa shape index (κ1) is 22.5. The fraction of sp³-hybridized carbons (Fsp3) is 0.200. The van der Waals surface area contributed by atoms with Crippen LogP contribution in [0.15, 0.2) is 24.3 Å². The van der Waals surface area contributed by atoms with Gasteiger partial charge in [-0.25, -0.2) is 22.0 Å². The van der Waals surface area contributed by atoms with Crippen molar-refractivity contribution in [2.24, 2.45) is 0 Å². The Morgan fingerprint density at radius 1 is 0.968 bits per heavy atom. The second kappa shape index (κ2) is 8.88. The quantitative estimate of drug-likeness (QED) is 0.243. The van der Waals surface area contributed by atoms with Gasteiger partial charge in [-0.3, -0.25) is 4.68 Å². The molecule has 3 rings (SSSR count). The normalized spacial score (nSPS) is 10.8. The Labute approximate surface area is 179 Å². The van der Waals surface area contributed by atoms with E-state index in [0.717, 1.165) is 4.68 Å². The molecule has 0 atom stereocenters. The Morgan fingerprint density at radius 2 is 1.55 bits per heavy atom. The van der Waals surface area contributed by atoms with Gasteiger partial charge in [-0.1, -0.05) is 12.1 Å². The van der Waals surface area contributed by atoms with Crippen molar-refractivity contribution in [1.29, 1.82) is 0 Å². The number of rotatable bonds is 5. The molecule has 2 aromatic carbocycles. The van der Waals surface area contributed by atoms with Crippen LogP contribution >= 0.6 is 12.2 Å². The molecular weight excluding hydrogens is 439 g/mol. The first-order valence-electron chi connectivity index (χ1n) is 8.91. The number of thiocarbonyl (C=S) groups is 1. The highest BCUT2D eigenvalue weighted by atomic mass is 32.1. The molecule has 1 aromatic heterocycles. The third-order valence-corrected chi connectivity index (χ3v) is 4.79. The van der Waals surface area contributed by atoms with Crippen LogP contribution in [0.1, 0.15) is 17.0 Å². The van der Waals surface area contributed by atoms with Crippen molar-refractivity contribution in [2.45, 2.75) is 20.4 Å². The zero-order chi connectivity index (χ0) is 22.9. The highest BCUT2D eigenvalue weighted by Crippen LogP contribution is 2.27. The van der Waals surface area contributed by atoms with E-state index in [1.807, 2.05) is 0 Å². The maximum Gasteiger partial charge on any atom is 0.200 e. The largest absolute Gasteiger partial charge is 0.495 e. The monoisotopic (exact) mass is 456 g/mol. The zero-order valence-electron chi connectivity index (χ0n) is 16.6. The molecule has 0 aliphatic carbocycles. The van der Waals surface area contributed by atoms with E-state index in [9.17, 15) is 22.0 Å². The van der Waals surface area contributed by atoms with Gasteiger partial charge in [0.1, 0.15) is 5.75 Å². The molecule has 0 fully saturated rings. The minimum atomic E-state index is -2.21. The molecule has 0 unspecified atom stereocenters. The van der Waals surface area contributed by atoms with Crippen molar-refractivity contribution in [3.05, 3.63) is 70.3 Å². The summed E-state index contributed by atoms with van der Waals surface area (Å²) in [4.78, 5) is 0. The minimum Gasteiger partial charge on any atom is -0.495 e. The Hall–Kier alpha value is -3.21. The van der Waals surface area contributed by atoms with E-state index in [0.29, 0.717) is 28.5 Å². The first-order valence-corrected chi connectivity index (χ1v) is 9.31. The average molecular weight is 456 g/mol. The molecule has 1 heterocycles. The van der Waals surface area contributed by atoms with Crippen molar-refractivity contribution in [3.63, 3.8) is 0 Å². The number of aromatic nitrogens is 2. The molecule has 0 radical (unpaired) electrons. The Kier molecular flexibility index (Phi) is 6.44. The molecule has 2 N–H and O–H groups in total. The van der Waals surface area contributed by atoms with Crippen LogP contribution in [0, 0.1) is 42.9 Å². The van der Waals surface area contributed by atoms with Crippen molar-refractivity contribution in [2.75, 3.05) is 17.7 Å². The van der Waals surface area contributed by atoms with E-state index < -0.39 is 41.2 Å². The summed E-state index contributed by atoms with van der Waals surface area (Å²) in [6, 6.07) is 7.06. The van der Waals surface area contributed by atoms with Crippen molar-refractivity contribution < 1.29 is 26.7 Å². The number of nitrogens with one attached hydrogen (secondary N) is 2. The van der Waals surface area contributed by atoms with Crippen LogP contribution in [-0.4, -0.2) is 22.0 Å². The molecule has 0 saturated carbocycles. The van der Waals surface area contributed by atoms with Gasteiger partial charge in [0.05, 0.1) is 42.0 Å². The lowest BCUT2D eigenvalue weighted by Crippen LogP contribution is -2.20. The van der Waals surface area contributed by atoms with E-state index in [1.165, 1.54) is 7.11 Å². The molecule has 11 heteroatoms. The predicted molar refractivity (Wildman–Crippen MR) is 110 cm³/mol. The zero-order valence-corrected chi connectivity index (χ0v) is 17.4. The number of benzene rings is 2. The van der Waals surface area contributed by atoms with Crippen LogP contribution in [0.4, 0.5) is 33.3 Å². The smallest absolute Gasteiger partial charge is 0.200 e. The summed E-state index contributed by atoms with van der Waals surface area (Å²) >= 11 is 5.30. The molecule has 164 valence electrons. The number of anilines is 2. The summed E-state index contributed by atoms with van der Waals surface area (Å²) in [6.07, 6.45) is 0. The second-order valence-electron chi connectivity index (χ2n) is 6.53. The SMILES string of the molecule is COc1ccccc1NC(=S)Nc1c(C)nn(Cc2c(F)c(F)c(F)c(F)c2F)c1C. The summed E-state index contributed by atoms with van der Waals surface area (Å²) in [5.74, 6) is -9.45.